The van der Waals surface area contributed by atoms with E-state index < -0.39 is 0 Å². The fraction of sp³-hybridized carbons (Fsp3) is 0.353. The third-order valence-electron chi connectivity index (χ3n) is 3.76. The van der Waals surface area contributed by atoms with E-state index in [0.29, 0.717) is 0 Å². The van der Waals surface area contributed by atoms with Crippen LogP contribution in [0.3, 0.4) is 0 Å². The summed E-state index contributed by atoms with van der Waals surface area (Å²) in [5, 5.41) is 0. The molecule has 0 spiro atoms. The molecular formula is C17H18OS. The van der Waals surface area contributed by atoms with Crippen LogP contribution >= 0.6 is 11.3 Å². The molecule has 98 valence electrons. The number of ketones is 1. The van der Waals surface area contributed by atoms with Crippen LogP contribution in [0, 0.1) is 5.92 Å². The van der Waals surface area contributed by atoms with E-state index in [2.05, 4.69) is 24.3 Å². The molecule has 0 fully saturated rings. The van der Waals surface area contributed by atoms with Crippen molar-refractivity contribution in [1.82, 2.24) is 0 Å². The van der Waals surface area contributed by atoms with E-state index in [1.54, 1.807) is 11.3 Å². The highest BCUT2D eigenvalue weighted by Crippen LogP contribution is 2.32. The molecule has 2 aromatic rings. The van der Waals surface area contributed by atoms with E-state index in [4.69, 9.17) is 0 Å². The summed E-state index contributed by atoms with van der Waals surface area (Å²) in [7, 11) is 0. The summed E-state index contributed by atoms with van der Waals surface area (Å²) in [4.78, 5) is 14.1. The van der Waals surface area contributed by atoms with Crippen molar-refractivity contribution in [3.8, 4) is 10.4 Å². The van der Waals surface area contributed by atoms with Crippen LogP contribution in [0.4, 0.5) is 0 Å². The summed E-state index contributed by atoms with van der Waals surface area (Å²) in [6.07, 6.45) is 3.70. The molecule has 0 saturated carbocycles. The summed E-state index contributed by atoms with van der Waals surface area (Å²) >= 11 is 1.62. The molecule has 19 heavy (non-hydrogen) atoms. The Morgan fingerprint density at radius 1 is 1.11 bits per heavy atom. The predicted molar refractivity (Wildman–Crippen MR) is 80.9 cm³/mol. The zero-order chi connectivity index (χ0) is 13.4. The fourth-order valence-corrected chi connectivity index (χ4v) is 3.73. The fourth-order valence-electron chi connectivity index (χ4n) is 2.64. The van der Waals surface area contributed by atoms with Crippen LogP contribution in [0.25, 0.3) is 10.4 Å². The van der Waals surface area contributed by atoms with Gasteiger partial charge in [0, 0.05) is 10.8 Å². The van der Waals surface area contributed by atoms with Gasteiger partial charge in [0.1, 0.15) is 0 Å². The number of rotatable bonds is 3. The molecule has 0 N–H and O–H groups in total. The zero-order valence-electron chi connectivity index (χ0n) is 11.4. The molecule has 1 aliphatic rings. The maximum Gasteiger partial charge on any atom is 0.175 e. The highest BCUT2D eigenvalue weighted by molar-refractivity contribution is 7.17. The minimum absolute atomic E-state index is 0.0755. The minimum Gasteiger partial charge on any atom is -0.293 e. The molecule has 0 aliphatic heterocycles. The van der Waals surface area contributed by atoms with Crippen molar-refractivity contribution >= 4 is 17.1 Å². The third kappa shape index (κ3) is 2.37. The Hall–Kier alpha value is -1.41. The maximum atomic E-state index is 12.0. The molecule has 1 nitrogen and oxygen atoms in total. The van der Waals surface area contributed by atoms with Gasteiger partial charge in [-0.25, -0.2) is 0 Å². The van der Waals surface area contributed by atoms with E-state index in [1.807, 2.05) is 19.9 Å². The van der Waals surface area contributed by atoms with Crippen molar-refractivity contribution in [3.05, 3.63) is 46.3 Å². The highest BCUT2D eigenvalue weighted by Gasteiger charge is 2.15. The van der Waals surface area contributed by atoms with Crippen molar-refractivity contribution in [2.24, 2.45) is 5.92 Å². The van der Waals surface area contributed by atoms with E-state index in [9.17, 15) is 4.79 Å². The molecule has 1 aromatic carbocycles. The van der Waals surface area contributed by atoms with Crippen LogP contribution in [-0.4, -0.2) is 5.78 Å². The average Bonchev–Trinajstić information content (AvgIpc) is 3.05. The normalized spacial score (nSPS) is 13.8. The lowest BCUT2D eigenvalue weighted by molar-refractivity contribution is 0.0943. The van der Waals surface area contributed by atoms with Gasteiger partial charge in [-0.3, -0.25) is 4.79 Å². The van der Waals surface area contributed by atoms with Crippen LogP contribution in [0.1, 0.15) is 41.1 Å². The second-order valence-electron chi connectivity index (χ2n) is 5.52. The van der Waals surface area contributed by atoms with Crippen LogP contribution in [0.15, 0.2) is 30.3 Å². The first-order valence-corrected chi connectivity index (χ1v) is 7.73. The number of Topliss-reactive ketones (excluding diaryl/α,β-unsaturated/α-hetero) is 1. The summed E-state index contributed by atoms with van der Waals surface area (Å²) in [6.45, 7) is 3.91. The molecule has 0 radical (unpaired) electrons. The molecule has 1 heterocycles. The first-order chi connectivity index (χ1) is 9.15. The van der Waals surface area contributed by atoms with Crippen molar-refractivity contribution in [2.45, 2.75) is 33.1 Å². The van der Waals surface area contributed by atoms with E-state index >= 15 is 0 Å². The van der Waals surface area contributed by atoms with Gasteiger partial charge in [-0.1, -0.05) is 32.0 Å². The summed E-state index contributed by atoms with van der Waals surface area (Å²) in [5.41, 5.74) is 4.25. The Bertz CT molecular complexity index is 622. The maximum absolute atomic E-state index is 12.0. The van der Waals surface area contributed by atoms with Crippen LogP contribution in [-0.2, 0) is 12.8 Å². The van der Waals surface area contributed by atoms with Gasteiger partial charge in [-0.2, -0.15) is 0 Å². The molecule has 0 atom stereocenters. The lowest BCUT2D eigenvalue weighted by atomic mass is 10.1. The number of carbonyl (C=O) groups is 1. The van der Waals surface area contributed by atoms with Gasteiger partial charge in [-0.15, -0.1) is 11.3 Å². The Kier molecular flexibility index (Phi) is 3.28. The Morgan fingerprint density at radius 2 is 1.89 bits per heavy atom. The topological polar surface area (TPSA) is 17.1 Å². The summed E-state index contributed by atoms with van der Waals surface area (Å²) in [6, 6.07) is 10.8. The Balaban J connectivity index is 1.93. The number of hydrogen-bond donors (Lipinski definition) is 0. The molecule has 1 aliphatic carbocycles. The quantitative estimate of drug-likeness (QED) is 0.736. The predicted octanol–water partition coefficient (Wildman–Crippen LogP) is 4.74. The SMILES string of the molecule is CC(C)C(=O)c1ccc(-c2ccc3c(c2)CCC3)s1. The molecule has 2 heteroatoms. The van der Waals surface area contributed by atoms with Gasteiger partial charge in [0.2, 0.25) is 0 Å². The number of carbonyl (C=O) groups excluding carboxylic acids is 1. The molecular weight excluding hydrogens is 252 g/mol. The lowest BCUT2D eigenvalue weighted by Crippen LogP contribution is -2.04. The first kappa shape index (κ1) is 12.6. The Labute approximate surface area is 118 Å². The molecule has 0 saturated heterocycles. The molecule has 0 unspecified atom stereocenters. The van der Waals surface area contributed by atoms with E-state index in [1.165, 1.54) is 40.8 Å². The van der Waals surface area contributed by atoms with Gasteiger partial charge in [0.05, 0.1) is 4.88 Å². The lowest BCUT2D eigenvalue weighted by Gasteiger charge is -2.03. The van der Waals surface area contributed by atoms with Gasteiger partial charge < -0.3 is 0 Å². The number of hydrogen-bond acceptors (Lipinski definition) is 2. The average molecular weight is 270 g/mol. The molecule has 3 rings (SSSR count). The monoisotopic (exact) mass is 270 g/mol. The smallest absolute Gasteiger partial charge is 0.175 e. The number of fused-ring (bicyclic) bond motifs is 1. The summed E-state index contributed by atoms with van der Waals surface area (Å²) in [5.74, 6) is 0.323. The van der Waals surface area contributed by atoms with Gasteiger partial charge in [0.15, 0.2) is 5.78 Å². The first-order valence-electron chi connectivity index (χ1n) is 6.91. The van der Waals surface area contributed by atoms with E-state index in [0.717, 1.165) is 4.88 Å². The van der Waals surface area contributed by atoms with Crippen molar-refractivity contribution in [1.29, 1.82) is 0 Å². The zero-order valence-corrected chi connectivity index (χ0v) is 12.2. The van der Waals surface area contributed by atoms with Crippen molar-refractivity contribution in [3.63, 3.8) is 0 Å². The van der Waals surface area contributed by atoms with Gasteiger partial charge >= 0.3 is 0 Å². The second-order valence-corrected chi connectivity index (χ2v) is 6.60. The van der Waals surface area contributed by atoms with Gasteiger partial charge in [0.25, 0.3) is 0 Å². The standard InChI is InChI=1S/C17H18OS/c1-11(2)17(18)16-9-8-15(19-16)14-7-6-12-4-3-5-13(12)10-14/h6-11H,3-5H2,1-2H3. The highest BCUT2D eigenvalue weighted by atomic mass is 32.1. The number of benzene rings is 1. The minimum atomic E-state index is 0.0755. The molecule has 0 amide bonds. The molecule has 0 bridgehead atoms. The van der Waals surface area contributed by atoms with Crippen molar-refractivity contribution in [2.75, 3.05) is 0 Å². The summed E-state index contributed by atoms with van der Waals surface area (Å²) < 4.78 is 0. The molecule has 1 aromatic heterocycles. The van der Waals surface area contributed by atoms with Crippen molar-refractivity contribution < 1.29 is 4.79 Å². The van der Waals surface area contributed by atoms with Gasteiger partial charge in [-0.05, 0) is 48.1 Å². The van der Waals surface area contributed by atoms with Crippen LogP contribution in [0.2, 0.25) is 0 Å². The third-order valence-corrected chi connectivity index (χ3v) is 4.91. The van der Waals surface area contributed by atoms with Crippen LogP contribution in [0.5, 0.6) is 0 Å². The van der Waals surface area contributed by atoms with Crippen LogP contribution < -0.4 is 0 Å². The largest absolute Gasteiger partial charge is 0.293 e. The number of aryl methyl sites for hydroxylation is 2. The van der Waals surface area contributed by atoms with E-state index in [-0.39, 0.29) is 11.7 Å². The Morgan fingerprint density at radius 3 is 2.68 bits per heavy atom. The second kappa shape index (κ2) is 4.93. The number of thiophene rings is 1.